The molecule has 5 nitrogen and oxygen atoms in total. The highest BCUT2D eigenvalue weighted by molar-refractivity contribution is 5.95. The molecular weight excluding hydrogens is 270 g/mol. The zero-order chi connectivity index (χ0) is 15.7. The number of nitro benzene ring substituents is 1. The molecule has 0 heterocycles. The molecule has 0 aliphatic heterocycles. The lowest BCUT2D eigenvalue weighted by molar-refractivity contribution is -0.387. The van der Waals surface area contributed by atoms with E-state index < -0.39 is 39.3 Å². The highest BCUT2D eigenvalue weighted by Gasteiger charge is 2.33. The van der Waals surface area contributed by atoms with E-state index in [1.54, 1.807) is 13.8 Å². The molecule has 7 heteroatoms. The summed E-state index contributed by atoms with van der Waals surface area (Å²) < 4.78 is 27.6. The van der Waals surface area contributed by atoms with Crippen LogP contribution in [0.5, 0.6) is 0 Å². The van der Waals surface area contributed by atoms with E-state index in [9.17, 15) is 23.7 Å². The smallest absolute Gasteiger partial charge is 0.305 e. The van der Waals surface area contributed by atoms with E-state index in [0.29, 0.717) is 12.5 Å². The third-order valence-electron chi connectivity index (χ3n) is 3.56. The van der Waals surface area contributed by atoms with Crippen molar-refractivity contribution in [3.8, 4) is 0 Å². The van der Waals surface area contributed by atoms with E-state index in [1.165, 1.54) is 11.9 Å². The summed E-state index contributed by atoms with van der Waals surface area (Å²) in [5.74, 6) is -3.48. The van der Waals surface area contributed by atoms with Gasteiger partial charge in [-0.15, -0.1) is 0 Å². The molecule has 0 bridgehead atoms. The first-order chi connectivity index (χ1) is 9.13. The summed E-state index contributed by atoms with van der Waals surface area (Å²) in [5, 5.41) is 10.6. The number of amides is 1. The average molecular weight is 286 g/mol. The minimum Gasteiger partial charge on any atom is -0.336 e. The summed E-state index contributed by atoms with van der Waals surface area (Å²) in [7, 11) is 1.41. The average Bonchev–Trinajstić information content (AvgIpc) is 2.37. The Morgan fingerprint density at radius 2 is 1.95 bits per heavy atom. The molecule has 1 aromatic rings. The first kappa shape index (κ1) is 16.0. The maximum atomic E-state index is 14.0. The summed E-state index contributed by atoms with van der Waals surface area (Å²) in [6, 6.07) is 1.42. The van der Waals surface area contributed by atoms with Crippen LogP contribution in [0.4, 0.5) is 14.5 Å². The molecule has 0 aromatic heterocycles. The molecule has 0 atom stereocenters. The maximum Gasteiger partial charge on any atom is 0.305 e. The monoisotopic (exact) mass is 286 g/mol. The van der Waals surface area contributed by atoms with Gasteiger partial charge in [-0.05, 0) is 26.3 Å². The molecular formula is C13H16F2N2O3. The molecule has 1 aromatic carbocycles. The van der Waals surface area contributed by atoms with E-state index >= 15 is 0 Å². The number of nitro groups is 1. The molecule has 20 heavy (non-hydrogen) atoms. The molecule has 0 aliphatic carbocycles. The quantitative estimate of drug-likeness (QED) is 0.631. The van der Waals surface area contributed by atoms with Crippen LogP contribution >= 0.6 is 0 Å². The minimum atomic E-state index is -1.45. The highest BCUT2D eigenvalue weighted by Crippen LogP contribution is 2.26. The zero-order valence-electron chi connectivity index (χ0n) is 11.7. The Morgan fingerprint density at radius 3 is 2.40 bits per heavy atom. The van der Waals surface area contributed by atoms with Gasteiger partial charge in [0.05, 0.1) is 4.92 Å². The van der Waals surface area contributed by atoms with Crippen molar-refractivity contribution in [2.75, 3.05) is 7.05 Å². The fourth-order valence-electron chi connectivity index (χ4n) is 1.56. The Labute approximate surface area is 115 Å². The Kier molecular flexibility index (Phi) is 4.42. The number of halogens is 2. The number of carbonyl (C=O) groups is 1. The van der Waals surface area contributed by atoms with Crippen LogP contribution in [0.3, 0.4) is 0 Å². The van der Waals surface area contributed by atoms with Crippen LogP contribution < -0.4 is 0 Å². The molecule has 110 valence electrons. The first-order valence-corrected chi connectivity index (χ1v) is 6.04. The van der Waals surface area contributed by atoms with Crippen LogP contribution in [0.2, 0.25) is 0 Å². The van der Waals surface area contributed by atoms with Gasteiger partial charge in [-0.1, -0.05) is 6.92 Å². The van der Waals surface area contributed by atoms with E-state index in [0.717, 1.165) is 6.07 Å². The fraction of sp³-hybridized carbons (Fsp3) is 0.462. The largest absolute Gasteiger partial charge is 0.336 e. The molecule has 0 fully saturated rings. The van der Waals surface area contributed by atoms with Gasteiger partial charge in [0.1, 0.15) is 11.4 Å². The number of nitrogens with zero attached hydrogens (tertiary/aromatic N) is 2. The lowest BCUT2D eigenvalue weighted by Gasteiger charge is -2.35. The van der Waals surface area contributed by atoms with Gasteiger partial charge in [-0.3, -0.25) is 14.9 Å². The minimum absolute atomic E-state index is 0.563. The van der Waals surface area contributed by atoms with Gasteiger partial charge in [-0.2, -0.15) is 4.39 Å². The molecule has 0 saturated heterocycles. The van der Waals surface area contributed by atoms with Crippen LogP contribution in [0.25, 0.3) is 0 Å². The molecule has 1 amide bonds. The van der Waals surface area contributed by atoms with Gasteiger partial charge < -0.3 is 4.90 Å². The van der Waals surface area contributed by atoms with Crippen molar-refractivity contribution in [1.82, 2.24) is 4.90 Å². The van der Waals surface area contributed by atoms with Gasteiger partial charge in [0.15, 0.2) is 0 Å². The number of hydrogen-bond donors (Lipinski definition) is 0. The van der Waals surface area contributed by atoms with E-state index in [4.69, 9.17) is 0 Å². The van der Waals surface area contributed by atoms with Crippen molar-refractivity contribution in [2.45, 2.75) is 32.7 Å². The SMILES string of the molecule is CCC(C)(C)N(C)C(=O)c1c(F)ccc([N+](=O)[O-])c1F. The molecule has 0 N–H and O–H groups in total. The standard InChI is InChI=1S/C13H16F2N2O3/c1-5-13(2,3)16(4)12(18)10-8(14)6-7-9(11(10)15)17(19)20/h6-7H,5H2,1-4H3. The van der Waals surface area contributed by atoms with Gasteiger partial charge >= 0.3 is 5.69 Å². The summed E-state index contributed by atoms with van der Waals surface area (Å²) >= 11 is 0. The van der Waals surface area contributed by atoms with Crippen LogP contribution in [-0.2, 0) is 0 Å². The fourth-order valence-corrected chi connectivity index (χ4v) is 1.56. The first-order valence-electron chi connectivity index (χ1n) is 6.04. The van der Waals surface area contributed by atoms with Gasteiger partial charge in [0, 0.05) is 18.7 Å². The number of hydrogen-bond acceptors (Lipinski definition) is 3. The lowest BCUT2D eigenvalue weighted by Crippen LogP contribution is -2.45. The number of benzene rings is 1. The normalized spacial score (nSPS) is 11.3. The van der Waals surface area contributed by atoms with Crippen molar-refractivity contribution in [3.05, 3.63) is 39.4 Å². The summed E-state index contributed by atoms with van der Waals surface area (Å²) in [6.45, 7) is 5.29. The molecule has 0 radical (unpaired) electrons. The maximum absolute atomic E-state index is 14.0. The van der Waals surface area contributed by atoms with Crippen LogP contribution in [0, 0.1) is 21.7 Å². The highest BCUT2D eigenvalue weighted by atomic mass is 19.1. The molecule has 0 spiro atoms. The Hall–Kier alpha value is -2.05. The second-order valence-electron chi connectivity index (χ2n) is 5.04. The van der Waals surface area contributed by atoms with Crippen LogP contribution in [0.1, 0.15) is 37.6 Å². The van der Waals surface area contributed by atoms with Crippen LogP contribution in [-0.4, -0.2) is 28.3 Å². The van der Waals surface area contributed by atoms with Crippen molar-refractivity contribution in [3.63, 3.8) is 0 Å². The zero-order valence-corrected chi connectivity index (χ0v) is 11.7. The van der Waals surface area contributed by atoms with Crippen LogP contribution in [0.15, 0.2) is 12.1 Å². The van der Waals surface area contributed by atoms with Gasteiger partial charge in [0.25, 0.3) is 5.91 Å². The Morgan fingerprint density at radius 1 is 1.40 bits per heavy atom. The van der Waals surface area contributed by atoms with E-state index in [-0.39, 0.29) is 0 Å². The Balaban J connectivity index is 3.36. The van der Waals surface area contributed by atoms with E-state index in [1.807, 2.05) is 6.92 Å². The summed E-state index contributed by atoms with van der Waals surface area (Å²) in [6.07, 6.45) is 0.563. The second-order valence-corrected chi connectivity index (χ2v) is 5.04. The molecule has 1 rings (SSSR count). The van der Waals surface area contributed by atoms with Gasteiger partial charge in [-0.25, -0.2) is 4.39 Å². The number of rotatable bonds is 4. The summed E-state index contributed by atoms with van der Waals surface area (Å²) in [5.41, 5.74) is -2.44. The second kappa shape index (κ2) is 5.52. The lowest BCUT2D eigenvalue weighted by atomic mass is 9.98. The van der Waals surface area contributed by atoms with Crippen molar-refractivity contribution in [1.29, 1.82) is 0 Å². The van der Waals surface area contributed by atoms with Crippen molar-refractivity contribution < 1.29 is 18.5 Å². The number of carbonyl (C=O) groups excluding carboxylic acids is 1. The molecule has 0 unspecified atom stereocenters. The van der Waals surface area contributed by atoms with Crippen molar-refractivity contribution >= 4 is 11.6 Å². The third kappa shape index (κ3) is 2.76. The van der Waals surface area contributed by atoms with Crippen molar-refractivity contribution in [2.24, 2.45) is 0 Å². The topological polar surface area (TPSA) is 63.5 Å². The Bertz CT molecular complexity index is 559. The molecule has 0 saturated carbocycles. The third-order valence-corrected chi connectivity index (χ3v) is 3.56. The molecule has 0 aliphatic rings. The van der Waals surface area contributed by atoms with E-state index in [2.05, 4.69) is 0 Å². The summed E-state index contributed by atoms with van der Waals surface area (Å²) in [4.78, 5) is 23.0. The predicted octanol–water partition coefficient (Wildman–Crippen LogP) is 3.13. The predicted molar refractivity (Wildman–Crippen MR) is 69.5 cm³/mol. The van der Waals surface area contributed by atoms with Gasteiger partial charge in [0.2, 0.25) is 5.82 Å².